The molecule has 7 heteroatoms. The molecule has 0 unspecified atom stereocenters. The minimum absolute atomic E-state index is 0.188. The van der Waals surface area contributed by atoms with Gasteiger partial charge in [-0.2, -0.15) is 0 Å². The Morgan fingerprint density at radius 3 is 2.53 bits per heavy atom. The number of furan rings is 1. The summed E-state index contributed by atoms with van der Waals surface area (Å²) in [6.07, 6.45) is 3.44. The largest absolute Gasteiger partial charge is 0.493 e. The zero-order valence-corrected chi connectivity index (χ0v) is 19.3. The van der Waals surface area contributed by atoms with Crippen molar-refractivity contribution in [2.24, 2.45) is 0 Å². The molecule has 0 atom stereocenters. The standard InChI is InChI=1S/C27H26N2O5/c1-18-6-9-23(19(2)13-18)33-17-22-8-11-25(34-22)27(30)29-21-7-10-24(31-3)26(14-21)32-16-20-5-4-12-28-15-20/h4-15H,16-17H2,1-3H3,(H,29,30). The highest BCUT2D eigenvalue weighted by Gasteiger charge is 2.14. The quantitative estimate of drug-likeness (QED) is 0.346. The summed E-state index contributed by atoms with van der Waals surface area (Å²) in [6.45, 7) is 4.58. The van der Waals surface area contributed by atoms with Gasteiger partial charge in [-0.1, -0.05) is 23.8 Å². The lowest BCUT2D eigenvalue weighted by Gasteiger charge is -2.12. The van der Waals surface area contributed by atoms with Crippen molar-refractivity contribution in [3.05, 3.63) is 101 Å². The van der Waals surface area contributed by atoms with Crippen molar-refractivity contribution in [1.29, 1.82) is 0 Å². The maximum absolute atomic E-state index is 12.7. The van der Waals surface area contributed by atoms with Gasteiger partial charge in [-0.3, -0.25) is 9.78 Å². The number of rotatable bonds is 9. The molecular formula is C27H26N2O5. The number of pyridine rings is 1. The summed E-state index contributed by atoms with van der Waals surface area (Å²) >= 11 is 0. The third-order valence-corrected chi connectivity index (χ3v) is 5.12. The van der Waals surface area contributed by atoms with E-state index in [2.05, 4.69) is 16.4 Å². The number of methoxy groups -OCH3 is 1. The number of aromatic nitrogens is 1. The summed E-state index contributed by atoms with van der Waals surface area (Å²) in [5.74, 6) is 2.22. The fraction of sp³-hybridized carbons (Fsp3) is 0.185. The molecule has 7 nitrogen and oxygen atoms in total. The molecule has 34 heavy (non-hydrogen) atoms. The van der Waals surface area contributed by atoms with Crippen molar-refractivity contribution in [3.8, 4) is 17.2 Å². The van der Waals surface area contributed by atoms with Crippen molar-refractivity contribution < 1.29 is 23.4 Å². The van der Waals surface area contributed by atoms with E-state index in [1.807, 2.05) is 38.1 Å². The van der Waals surface area contributed by atoms with E-state index >= 15 is 0 Å². The molecule has 0 radical (unpaired) electrons. The smallest absolute Gasteiger partial charge is 0.291 e. The summed E-state index contributed by atoms with van der Waals surface area (Å²) in [5, 5.41) is 2.83. The van der Waals surface area contributed by atoms with Gasteiger partial charge < -0.3 is 23.9 Å². The number of aryl methyl sites for hydroxylation is 2. The fourth-order valence-electron chi connectivity index (χ4n) is 3.39. The second-order valence-corrected chi connectivity index (χ2v) is 7.79. The van der Waals surface area contributed by atoms with Crippen molar-refractivity contribution in [2.75, 3.05) is 12.4 Å². The van der Waals surface area contributed by atoms with Crippen LogP contribution in [0.4, 0.5) is 5.69 Å². The van der Waals surface area contributed by atoms with Gasteiger partial charge in [0.1, 0.15) is 24.7 Å². The Morgan fingerprint density at radius 1 is 0.941 bits per heavy atom. The molecule has 0 bridgehead atoms. The Balaban J connectivity index is 1.39. The van der Waals surface area contributed by atoms with Crippen LogP contribution < -0.4 is 19.5 Å². The number of carbonyl (C=O) groups excluding carboxylic acids is 1. The summed E-state index contributed by atoms with van der Waals surface area (Å²) in [7, 11) is 1.56. The van der Waals surface area contributed by atoms with E-state index in [0.29, 0.717) is 29.6 Å². The first-order valence-electron chi connectivity index (χ1n) is 10.8. The maximum Gasteiger partial charge on any atom is 0.291 e. The fourth-order valence-corrected chi connectivity index (χ4v) is 3.39. The number of hydrogen-bond donors (Lipinski definition) is 1. The van der Waals surface area contributed by atoms with Crippen LogP contribution >= 0.6 is 0 Å². The molecule has 0 aliphatic heterocycles. The molecule has 0 aliphatic carbocycles. The molecule has 1 N–H and O–H groups in total. The van der Waals surface area contributed by atoms with Gasteiger partial charge in [0.05, 0.1) is 7.11 Å². The molecule has 4 aromatic rings. The van der Waals surface area contributed by atoms with E-state index in [-0.39, 0.29) is 18.3 Å². The van der Waals surface area contributed by atoms with Gasteiger partial charge in [-0.25, -0.2) is 0 Å². The van der Waals surface area contributed by atoms with Crippen LogP contribution in [-0.4, -0.2) is 18.0 Å². The SMILES string of the molecule is COc1ccc(NC(=O)c2ccc(COc3ccc(C)cc3C)o2)cc1OCc1cccnc1. The molecule has 0 saturated carbocycles. The summed E-state index contributed by atoms with van der Waals surface area (Å²) in [6, 6.07) is 18.3. The Morgan fingerprint density at radius 2 is 1.76 bits per heavy atom. The monoisotopic (exact) mass is 458 g/mol. The Bertz CT molecular complexity index is 1270. The van der Waals surface area contributed by atoms with Crippen molar-refractivity contribution >= 4 is 11.6 Å². The van der Waals surface area contributed by atoms with E-state index in [1.165, 1.54) is 5.56 Å². The lowest BCUT2D eigenvalue weighted by molar-refractivity contribution is 0.0992. The highest BCUT2D eigenvalue weighted by atomic mass is 16.5. The summed E-state index contributed by atoms with van der Waals surface area (Å²) in [5.41, 5.74) is 3.69. The van der Waals surface area contributed by atoms with Crippen LogP contribution in [0.15, 0.2) is 77.5 Å². The van der Waals surface area contributed by atoms with Gasteiger partial charge >= 0.3 is 0 Å². The molecule has 0 fully saturated rings. The number of anilines is 1. The first kappa shape index (κ1) is 22.9. The lowest BCUT2D eigenvalue weighted by Crippen LogP contribution is -2.11. The molecule has 0 saturated heterocycles. The maximum atomic E-state index is 12.7. The van der Waals surface area contributed by atoms with Crippen LogP contribution in [0.3, 0.4) is 0 Å². The summed E-state index contributed by atoms with van der Waals surface area (Å²) < 4.78 is 22.8. The topological polar surface area (TPSA) is 82.8 Å². The highest BCUT2D eigenvalue weighted by molar-refractivity contribution is 6.02. The van der Waals surface area contributed by atoms with Crippen LogP contribution in [0.25, 0.3) is 0 Å². The third-order valence-electron chi connectivity index (χ3n) is 5.12. The molecule has 1 amide bonds. The molecule has 2 aromatic heterocycles. The zero-order valence-electron chi connectivity index (χ0n) is 19.3. The van der Waals surface area contributed by atoms with Gasteiger partial charge in [0, 0.05) is 29.7 Å². The lowest BCUT2D eigenvalue weighted by atomic mass is 10.1. The van der Waals surface area contributed by atoms with Gasteiger partial charge in [0.25, 0.3) is 5.91 Å². The minimum atomic E-state index is -0.374. The van der Waals surface area contributed by atoms with Gasteiger partial charge in [-0.05, 0) is 55.8 Å². The molecule has 0 aliphatic rings. The number of nitrogens with zero attached hydrogens (tertiary/aromatic N) is 1. The summed E-state index contributed by atoms with van der Waals surface area (Å²) in [4.78, 5) is 16.8. The minimum Gasteiger partial charge on any atom is -0.493 e. The molecule has 0 spiro atoms. The van der Waals surface area contributed by atoms with E-state index in [1.54, 1.807) is 49.8 Å². The van der Waals surface area contributed by atoms with E-state index in [0.717, 1.165) is 16.9 Å². The van der Waals surface area contributed by atoms with Crippen LogP contribution in [0.2, 0.25) is 0 Å². The first-order valence-corrected chi connectivity index (χ1v) is 10.8. The number of carbonyl (C=O) groups is 1. The van der Waals surface area contributed by atoms with Crippen molar-refractivity contribution in [3.63, 3.8) is 0 Å². The zero-order chi connectivity index (χ0) is 23.9. The number of amides is 1. The highest BCUT2D eigenvalue weighted by Crippen LogP contribution is 2.31. The van der Waals surface area contributed by atoms with Gasteiger partial charge in [0.15, 0.2) is 17.3 Å². The molecule has 174 valence electrons. The van der Waals surface area contributed by atoms with Crippen LogP contribution in [0.5, 0.6) is 17.2 Å². The van der Waals surface area contributed by atoms with E-state index in [4.69, 9.17) is 18.6 Å². The normalized spacial score (nSPS) is 10.6. The molecular weight excluding hydrogens is 432 g/mol. The number of ether oxygens (including phenoxy) is 3. The predicted molar refractivity (Wildman–Crippen MR) is 128 cm³/mol. The van der Waals surface area contributed by atoms with E-state index in [9.17, 15) is 4.79 Å². The Hall–Kier alpha value is -4.26. The van der Waals surface area contributed by atoms with Crippen molar-refractivity contribution in [1.82, 2.24) is 4.98 Å². The number of nitrogens with one attached hydrogen (secondary N) is 1. The van der Waals surface area contributed by atoms with Crippen LogP contribution in [0, 0.1) is 13.8 Å². The molecule has 2 heterocycles. The van der Waals surface area contributed by atoms with Crippen LogP contribution in [0.1, 0.15) is 33.0 Å². The first-order chi connectivity index (χ1) is 16.5. The molecule has 4 rings (SSSR count). The average Bonchev–Trinajstić information content (AvgIpc) is 3.32. The Labute approximate surface area is 198 Å². The van der Waals surface area contributed by atoms with Crippen molar-refractivity contribution in [2.45, 2.75) is 27.1 Å². The average molecular weight is 459 g/mol. The number of hydrogen-bond acceptors (Lipinski definition) is 6. The second-order valence-electron chi connectivity index (χ2n) is 7.79. The van der Waals surface area contributed by atoms with E-state index < -0.39 is 0 Å². The molecule has 2 aromatic carbocycles. The Kier molecular flexibility index (Phi) is 7.13. The van der Waals surface area contributed by atoms with Gasteiger partial charge in [0.2, 0.25) is 0 Å². The second kappa shape index (κ2) is 10.6. The predicted octanol–water partition coefficient (Wildman–Crippen LogP) is 5.71. The van der Waals surface area contributed by atoms with Crippen LogP contribution in [-0.2, 0) is 13.2 Å². The third kappa shape index (κ3) is 5.75. The van der Waals surface area contributed by atoms with Gasteiger partial charge in [-0.15, -0.1) is 0 Å². The number of benzene rings is 2.